The molecule has 0 aliphatic rings. The molecule has 152 valence electrons. The summed E-state index contributed by atoms with van der Waals surface area (Å²) in [5, 5.41) is 3.57. The molecular weight excluding hydrogens is 424 g/mol. The molecule has 0 aromatic heterocycles. The van der Waals surface area contributed by atoms with Crippen molar-refractivity contribution in [2.75, 3.05) is 5.33 Å². The van der Waals surface area contributed by atoms with Crippen molar-refractivity contribution in [3.63, 3.8) is 0 Å². The first kappa shape index (κ1) is 23.1. The molecule has 0 bridgehead atoms. The van der Waals surface area contributed by atoms with Crippen LogP contribution in [0.1, 0.15) is 53.4 Å². The highest BCUT2D eigenvalue weighted by Crippen LogP contribution is 2.38. The van der Waals surface area contributed by atoms with Crippen molar-refractivity contribution in [3.05, 3.63) is 72.8 Å². The molecule has 0 aliphatic heterocycles. The molecule has 0 unspecified atom stereocenters. The zero-order chi connectivity index (χ0) is 20.5. The summed E-state index contributed by atoms with van der Waals surface area (Å²) in [5.41, 5.74) is 0. The maximum Gasteiger partial charge on any atom is 0.261 e. The molecule has 28 heavy (non-hydrogen) atoms. The molecule has 2 rings (SSSR count). The van der Waals surface area contributed by atoms with Crippen molar-refractivity contribution in [3.8, 4) is 0 Å². The van der Waals surface area contributed by atoms with E-state index in [1.54, 1.807) is 0 Å². The van der Waals surface area contributed by atoms with Gasteiger partial charge in [-0.25, -0.2) is 0 Å². The van der Waals surface area contributed by atoms with E-state index in [1.807, 2.05) is 0 Å². The fourth-order valence-corrected chi connectivity index (χ4v) is 8.79. The Morgan fingerprint density at radius 1 is 0.929 bits per heavy atom. The molecule has 2 aromatic rings. The molecule has 3 heteroatoms. The van der Waals surface area contributed by atoms with Crippen molar-refractivity contribution < 1.29 is 4.43 Å². The summed E-state index contributed by atoms with van der Waals surface area (Å²) >= 11 is 3.54. The lowest BCUT2D eigenvalue weighted by Gasteiger charge is -2.45. The number of alkyl halides is 1. The van der Waals surface area contributed by atoms with Crippen LogP contribution in [0.2, 0.25) is 5.04 Å². The lowest BCUT2D eigenvalue weighted by molar-refractivity contribution is 0.218. The molecule has 0 aliphatic carbocycles. The van der Waals surface area contributed by atoms with Crippen molar-refractivity contribution in [2.24, 2.45) is 0 Å². The van der Waals surface area contributed by atoms with Gasteiger partial charge in [-0.3, -0.25) is 0 Å². The van der Waals surface area contributed by atoms with E-state index in [1.165, 1.54) is 29.6 Å². The van der Waals surface area contributed by atoms with Gasteiger partial charge in [-0.05, 0) is 21.8 Å². The Labute approximate surface area is 181 Å². The highest BCUT2D eigenvalue weighted by Gasteiger charge is 2.51. The number of hydrogen-bond acceptors (Lipinski definition) is 1. The molecule has 2 aromatic carbocycles. The van der Waals surface area contributed by atoms with Gasteiger partial charge >= 0.3 is 0 Å². The van der Waals surface area contributed by atoms with Gasteiger partial charge in [0.2, 0.25) is 0 Å². The van der Waals surface area contributed by atoms with Crippen molar-refractivity contribution in [2.45, 2.75) is 64.5 Å². The number of allylic oxidation sites excluding steroid dienone is 1. The molecule has 0 saturated carbocycles. The fourth-order valence-electron chi connectivity index (χ4n) is 3.91. The minimum Gasteiger partial charge on any atom is -0.401 e. The number of hydrogen-bond donors (Lipinski definition) is 0. The molecule has 0 radical (unpaired) electrons. The van der Waals surface area contributed by atoms with Crippen LogP contribution in [-0.2, 0) is 4.43 Å². The Bertz CT molecular complexity index is 667. The van der Waals surface area contributed by atoms with Gasteiger partial charge in [0.1, 0.15) is 0 Å². The van der Waals surface area contributed by atoms with Crippen LogP contribution in [0, 0.1) is 0 Å². The van der Waals surface area contributed by atoms with Gasteiger partial charge in [0.05, 0.1) is 6.10 Å². The predicted molar refractivity (Wildman–Crippen MR) is 130 cm³/mol. The number of benzene rings is 2. The molecule has 1 nitrogen and oxygen atoms in total. The lowest BCUT2D eigenvalue weighted by atomic mass is 10.1. The normalized spacial score (nSPS) is 13.8. The first-order valence-electron chi connectivity index (χ1n) is 10.5. The van der Waals surface area contributed by atoms with Crippen LogP contribution in [0.4, 0.5) is 0 Å². The van der Waals surface area contributed by atoms with E-state index >= 15 is 0 Å². The second-order valence-electron chi connectivity index (χ2n) is 8.40. The second-order valence-corrected chi connectivity index (χ2v) is 13.3. The van der Waals surface area contributed by atoms with Crippen molar-refractivity contribution in [1.29, 1.82) is 0 Å². The lowest BCUT2D eigenvalue weighted by Crippen LogP contribution is -2.67. The molecule has 1 atom stereocenters. The van der Waals surface area contributed by atoms with Gasteiger partial charge in [-0.15, -0.1) is 0 Å². The Balaban J connectivity index is 2.57. The van der Waals surface area contributed by atoms with E-state index in [2.05, 4.69) is 116 Å². The second kappa shape index (κ2) is 11.1. The molecule has 0 heterocycles. The van der Waals surface area contributed by atoms with Gasteiger partial charge in [-0.2, -0.15) is 0 Å². The summed E-state index contributed by atoms with van der Waals surface area (Å²) in [5.74, 6) is 0. The number of rotatable bonds is 10. The zero-order valence-corrected chi connectivity index (χ0v) is 20.4. The van der Waals surface area contributed by atoms with E-state index in [0.717, 1.165) is 11.8 Å². The molecular formula is C25H35BrOSi. The molecule has 0 fully saturated rings. The minimum atomic E-state index is -2.49. The van der Waals surface area contributed by atoms with Crippen LogP contribution in [-0.4, -0.2) is 19.8 Å². The van der Waals surface area contributed by atoms with E-state index < -0.39 is 8.32 Å². The van der Waals surface area contributed by atoms with E-state index in [0.29, 0.717) is 0 Å². The van der Waals surface area contributed by atoms with Crippen LogP contribution >= 0.6 is 15.9 Å². The van der Waals surface area contributed by atoms with Crippen molar-refractivity contribution >= 4 is 34.6 Å². The van der Waals surface area contributed by atoms with E-state index in [4.69, 9.17) is 4.43 Å². The zero-order valence-electron chi connectivity index (χ0n) is 17.8. The number of halogens is 1. The summed E-state index contributed by atoms with van der Waals surface area (Å²) < 4.78 is 7.25. The first-order chi connectivity index (χ1) is 13.5. The Hall–Kier alpha value is -1.16. The van der Waals surface area contributed by atoms with Crippen LogP contribution in [0.15, 0.2) is 72.8 Å². The molecule has 0 amide bonds. The van der Waals surface area contributed by atoms with Crippen LogP contribution < -0.4 is 10.4 Å². The minimum absolute atomic E-state index is 0.0148. The highest BCUT2D eigenvalue weighted by molar-refractivity contribution is 9.09. The van der Waals surface area contributed by atoms with Gasteiger partial charge in [0.15, 0.2) is 0 Å². The van der Waals surface area contributed by atoms with Crippen LogP contribution in [0.25, 0.3) is 0 Å². The summed E-state index contributed by atoms with van der Waals surface area (Å²) in [4.78, 5) is 0. The van der Waals surface area contributed by atoms with Gasteiger partial charge in [0, 0.05) is 5.33 Å². The predicted octanol–water partition coefficient (Wildman–Crippen LogP) is 6.46. The maximum absolute atomic E-state index is 7.25. The smallest absolute Gasteiger partial charge is 0.261 e. The third-order valence-electron chi connectivity index (χ3n) is 5.28. The quantitative estimate of drug-likeness (QED) is 0.171. The topological polar surface area (TPSA) is 9.23 Å². The van der Waals surface area contributed by atoms with Crippen LogP contribution in [0.5, 0.6) is 0 Å². The average molecular weight is 460 g/mol. The van der Waals surface area contributed by atoms with E-state index in [-0.39, 0.29) is 11.1 Å². The number of unbranched alkanes of at least 4 members (excludes halogenated alkanes) is 2. The molecule has 0 N–H and O–H groups in total. The molecule has 0 saturated heterocycles. The Kier molecular flexibility index (Phi) is 9.19. The maximum atomic E-state index is 7.25. The van der Waals surface area contributed by atoms with Crippen molar-refractivity contribution in [1.82, 2.24) is 0 Å². The Morgan fingerprint density at radius 3 is 1.89 bits per heavy atom. The van der Waals surface area contributed by atoms with Crippen LogP contribution in [0.3, 0.4) is 0 Å². The monoisotopic (exact) mass is 458 g/mol. The highest BCUT2D eigenvalue weighted by atomic mass is 79.9. The summed E-state index contributed by atoms with van der Waals surface area (Å²) in [6.45, 7) is 9.29. The fraction of sp³-hybridized carbons (Fsp3) is 0.440. The largest absolute Gasteiger partial charge is 0.401 e. The standard InChI is InChI=1S/C25H35BrOSi/c1-5-6-9-15-22(16-14-21-26)27-28(25(2,3)4,23-17-10-7-11-18-23)24-19-12-8-13-20-24/h7-8,10-14,16-20,22H,5-6,9,15,21H2,1-4H3/b16-14+/t22-/m0/s1. The third-order valence-corrected chi connectivity index (χ3v) is 10.7. The van der Waals surface area contributed by atoms with E-state index in [9.17, 15) is 0 Å². The van der Waals surface area contributed by atoms with Gasteiger partial charge in [-0.1, -0.05) is 136 Å². The summed E-state index contributed by atoms with van der Waals surface area (Å²) in [7, 11) is -2.49. The van der Waals surface area contributed by atoms with Gasteiger partial charge < -0.3 is 4.43 Å². The van der Waals surface area contributed by atoms with Gasteiger partial charge in [0.25, 0.3) is 8.32 Å². The molecule has 0 spiro atoms. The Morgan fingerprint density at radius 2 is 1.46 bits per heavy atom. The average Bonchev–Trinajstić information content (AvgIpc) is 2.70. The SMILES string of the molecule is CCCCC[C@@H](/C=C/CBr)O[Si](c1ccccc1)(c1ccccc1)C(C)(C)C. The summed E-state index contributed by atoms with van der Waals surface area (Å²) in [6, 6.07) is 21.9. The third kappa shape index (κ3) is 5.68. The first-order valence-corrected chi connectivity index (χ1v) is 13.5. The summed E-state index contributed by atoms with van der Waals surface area (Å²) in [6.07, 6.45) is 9.35.